The van der Waals surface area contributed by atoms with Crippen LogP contribution in [0.1, 0.15) is 46.1 Å². The van der Waals surface area contributed by atoms with Gasteiger partial charge in [-0.15, -0.1) is 0 Å². The summed E-state index contributed by atoms with van der Waals surface area (Å²) in [6.45, 7) is 14.7. The minimum absolute atomic E-state index is 0.322. The number of anilines is 1. The molecule has 1 aromatic rings. The van der Waals surface area contributed by atoms with Crippen molar-refractivity contribution in [1.29, 1.82) is 0 Å². The number of nitrogens with zero attached hydrogens (tertiary/aromatic N) is 1. The molecule has 1 aromatic carbocycles. The van der Waals surface area contributed by atoms with Gasteiger partial charge >= 0.3 is 0 Å². The molecule has 0 aromatic heterocycles. The molecule has 0 saturated heterocycles. The van der Waals surface area contributed by atoms with E-state index in [1.807, 2.05) is 0 Å². The molecule has 1 rings (SSSR count). The Kier molecular flexibility index (Phi) is 7.24. The molecule has 1 atom stereocenters. The Morgan fingerprint density at radius 2 is 2.00 bits per heavy atom. The lowest BCUT2D eigenvalue weighted by atomic mass is 9.84. The summed E-state index contributed by atoms with van der Waals surface area (Å²) in [7, 11) is 2.21. The molecule has 1 unspecified atom stereocenters. The monoisotopic (exact) mass is 290 g/mol. The minimum Gasteiger partial charge on any atom is -0.374 e. The fourth-order valence-electron chi connectivity index (χ4n) is 3.02. The third-order valence-electron chi connectivity index (χ3n) is 4.02. The van der Waals surface area contributed by atoms with Gasteiger partial charge in [0.25, 0.3) is 0 Å². The van der Waals surface area contributed by atoms with Crippen LogP contribution < -0.4 is 10.2 Å². The SMILES string of the molecule is CCCC(C)(CNCC(C)C)CN(C)c1cccc(C)c1. The molecule has 0 radical (unpaired) electrons. The third-order valence-corrected chi connectivity index (χ3v) is 4.02. The highest BCUT2D eigenvalue weighted by atomic mass is 15.1. The van der Waals surface area contributed by atoms with Gasteiger partial charge in [0.2, 0.25) is 0 Å². The van der Waals surface area contributed by atoms with Gasteiger partial charge in [-0.1, -0.05) is 46.2 Å². The maximum Gasteiger partial charge on any atom is 0.0366 e. The Morgan fingerprint density at radius 1 is 1.29 bits per heavy atom. The maximum atomic E-state index is 3.65. The highest BCUT2D eigenvalue weighted by molar-refractivity contribution is 5.47. The molecule has 0 spiro atoms. The van der Waals surface area contributed by atoms with Gasteiger partial charge in [-0.05, 0) is 48.9 Å². The van der Waals surface area contributed by atoms with Crippen molar-refractivity contribution in [1.82, 2.24) is 5.32 Å². The van der Waals surface area contributed by atoms with E-state index in [2.05, 4.69) is 76.1 Å². The molecule has 2 heteroatoms. The van der Waals surface area contributed by atoms with Crippen molar-refractivity contribution in [2.45, 2.75) is 47.5 Å². The van der Waals surface area contributed by atoms with Crippen molar-refractivity contribution in [3.8, 4) is 0 Å². The van der Waals surface area contributed by atoms with Gasteiger partial charge in [0.1, 0.15) is 0 Å². The Morgan fingerprint density at radius 3 is 2.57 bits per heavy atom. The van der Waals surface area contributed by atoms with E-state index < -0.39 is 0 Å². The van der Waals surface area contributed by atoms with Crippen LogP contribution in [-0.2, 0) is 0 Å². The van der Waals surface area contributed by atoms with Gasteiger partial charge in [0, 0.05) is 25.8 Å². The van der Waals surface area contributed by atoms with Crippen LogP contribution in [0.4, 0.5) is 5.69 Å². The Balaban J connectivity index is 2.67. The molecule has 0 bridgehead atoms. The highest BCUT2D eigenvalue weighted by Crippen LogP contribution is 2.26. The predicted octanol–water partition coefficient (Wildman–Crippen LogP) is 4.48. The van der Waals surface area contributed by atoms with Crippen LogP contribution in [0.3, 0.4) is 0 Å². The van der Waals surface area contributed by atoms with Crippen molar-refractivity contribution >= 4 is 5.69 Å². The lowest BCUT2D eigenvalue weighted by Gasteiger charge is -2.35. The summed E-state index contributed by atoms with van der Waals surface area (Å²) in [5, 5.41) is 3.65. The number of aryl methyl sites for hydroxylation is 1. The van der Waals surface area contributed by atoms with Crippen molar-refractivity contribution in [3.63, 3.8) is 0 Å². The van der Waals surface area contributed by atoms with Crippen LogP contribution >= 0.6 is 0 Å². The van der Waals surface area contributed by atoms with Crippen LogP contribution in [0.25, 0.3) is 0 Å². The number of hydrogen-bond donors (Lipinski definition) is 1. The van der Waals surface area contributed by atoms with Crippen molar-refractivity contribution in [2.75, 3.05) is 31.6 Å². The zero-order valence-electron chi connectivity index (χ0n) is 14.9. The number of nitrogens with one attached hydrogen (secondary N) is 1. The fourth-order valence-corrected chi connectivity index (χ4v) is 3.02. The lowest BCUT2D eigenvalue weighted by molar-refractivity contribution is 0.279. The molecule has 0 aliphatic carbocycles. The van der Waals surface area contributed by atoms with E-state index in [9.17, 15) is 0 Å². The first-order valence-corrected chi connectivity index (χ1v) is 8.35. The van der Waals surface area contributed by atoms with Crippen LogP contribution in [0, 0.1) is 18.3 Å². The van der Waals surface area contributed by atoms with Crippen LogP contribution in [0.5, 0.6) is 0 Å². The van der Waals surface area contributed by atoms with E-state index in [1.165, 1.54) is 24.1 Å². The van der Waals surface area contributed by atoms with E-state index >= 15 is 0 Å². The Bertz CT molecular complexity index is 414. The molecule has 1 N–H and O–H groups in total. The quantitative estimate of drug-likeness (QED) is 0.721. The van der Waals surface area contributed by atoms with Gasteiger partial charge in [-0.2, -0.15) is 0 Å². The molecule has 120 valence electrons. The van der Waals surface area contributed by atoms with Crippen LogP contribution in [-0.4, -0.2) is 26.7 Å². The zero-order valence-corrected chi connectivity index (χ0v) is 14.9. The molecule has 0 saturated carbocycles. The molecule has 0 aliphatic rings. The second-order valence-corrected chi connectivity index (χ2v) is 7.28. The van der Waals surface area contributed by atoms with E-state index in [-0.39, 0.29) is 0 Å². The summed E-state index contributed by atoms with van der Waals surface area (Å²) in [5.74, 6) is 0.713. The predicted molar refractivity (Wildman–Crippen MR) is 95.2 cm³/mol. The first kappa shape index (κ1) is 18.0. The van der Waals surface area contributed by atoms with Crippen molar-refractivity contribution in [2.24, 2.45) is 11.3 Å². The maximum absolute atomic E-state index is 3.65. The summed E-state index contributed by atoms with van der Waals surface area (Å²) >= 11 is 0. The third kappa shape index (κ3) is 6.52. The standard InChI is InChI=1S/C19H34N2/c1-7-11-19(5,14-20-13-16(2)3)15-21(6)18-10-8-9-17(4)12-18/h8-10,12,16,20H,7,11,13-15H2,1-6H3. The summed E-state index contributed by atoms with van der Waals surface area (Å²) in [5.41, 5.74) is 2.97. The largest absolute Gasteiger partial charge is 0.374 e. The average molecular weight is 290 g/mol. The zero-order chi connectivity index (χ0) is 15.9. The normalized spacial score (nSPS) is 14.2. The van der Waals surface area contributed by atoms with Crippen LogP contribution in [0.2, 0.25) is 0 Å². The van der Waals surface area contributed by atoms with E-state index in [0.29, 0.717) is 11.3 Å². The Labute approximate surface area is 131 Å². The first-order valence-electron chi connectivity index (χ1n) is 8.35. The molecule has 0 fully saturated rings. The van der Waals surface area contributed by atoms with E-state index in [4.69, 9.17) is 0 Å². The smallest absolute Gasteiger partial charge is 0.0366 e. The first-order chi connectivity index (χ1) is 9.86. The Hall–Kier alpha value is -1.02. The topological polar surface area (TPSA) is 15.3 Å². The van der Waals surface area contributed by atoms with Gasteiger partial charge in [0.05, 0.1) is 0 Å². The molecule has 21 heavy (non-hydrogen) atoms. The van der Waals surface area contributed by atoms with Gasteiger partial charge in [-0.3, -0.25) is 0 Å². The van der Waals surface area contributed by atoms with E-state index in [0.717, 1.165) is 19.6 Å². The summed E-state index contributed by atoms with van der Waals surface area (Å²) in [4.78, 5) is 2.40. The summed E-state index contributed by atoms with van der Waals surface area (Å²) in [6.07, 6.45) is 2.50. The summed E-state index contributed by atoms with van der Waals surface area (Å²) in [6, 6.07) is 8.79. The van der Waals surface area contributed by atoms with E-state index in [1.54, 1.807) is 0 Å². The highest BCUT2D eigenvalue weighted by Gasteiger charge is 2.25. The van der Waals surface area contributed by atoms with Crippen molar-refractivity contribution in [3.05, 3.63) is 29.8 Å². The molecular formula is C19H34N2. The number of hydrogen-bond acceptors (Lipinski definition) is 2. The van der Waals surface area contributed by atoms with Gasteiger partial charge < -0.3 is 10.2 Å². The van der Waals surface area contributed by atoms with Gasteiger partial charge in [0.15, 0.2) is 0 Å². The minimum atomic E-state index is 0.322. The van der Waals surface area contributed by atoms with Gasteiger partial charge in [-0.25, -0.2) is 0 Å². The van der Waals surface area contributed by atoms with Crippen molar-refractivity contribution < 1.29 is 0 Å². The van der Waals surface area contributed by atoms with Crippen LogP contribution in [0.15, 0.2) is 24.3 Å². The molecular weight excluding hydrogens is 256 g/mol. The molecule has 2 nitrogen and oxygen atoms in total. The average Bonchev–Trinajstić information content (AvgIpc) is 2.38. The molecule has 0 aliphatic heterocycles. The molecule has 0 heterocycles. The lowest BCUT2D eigenvalue weighted by Crippen LogP contribution is -2.42. The number of benzene rings is 1. The second-order valence-electron chi connectivity index (χ2n) is 7.28. The summed E-state index contributed by atoms with van der Waals surface area (Å²) < 4.78 is 0. The second kappa shape index (κ2) is 8.43. The molecule has 0 amide bonds. The fraction of sp³-hybridized carbons (Fsp3) is 0.684. The number of rotatable bonds is 9.